The number of hydrogen-bond donors (Lipinski definition) is 1. The number of hydrogen-bond acceptors (Lipinski definition) is 5. The van der Waals surface area contributed by atoms with E-state index in [4.69, 9.17) is 19.7 Å². The lowest BCUT2D eigenvalue weighted by molar-refractivity contribution is 0.173. The summed E-state index contributed by atoms with van der Waals surface area (Å²) >= 11 is 0. The molecular formula is C12H12N2O3. The molecule has 3 rings (SSSR count). The zero-order valence-electron chi connectivity index (χ0n) is 9.61. The molecule has 0 atom stereocenters. The fourth-order valence-electron chi connectivity index (χ4n) is 1.93. The van der Waals surface area contributed by atoms with Crippen molar-refractivity contribution in [1.29, 1.82) is 0 Å². The second-order valence-electron chi connectivity index (χ2n) is 4.05. The number of nitrogens with zero attached hydrogens (tertiary/aromatic N) is 1. The molecule has 1 aromatic carbocycles. The van der Waals surface area contributed by atoms with Gasteiger partial charge in [-0.1, -0.05) is 5.16 Å². The van der Waals surface area contributed by atoms with Crippen LogP contribution in [0.15, 0.2) is 16.7 Å². The van der Waals surface area contributed by atoms with Crippen LogP contribution in [-0.4, -0.2) is 11.9 Å². The molecule has 5 nitrogen and oxygen atoms in total. The summed E-state index contributed by atoms with van der Waals surface area (Å²) in [5.41, 5.74) is 9.23. The Hall–Kier alpha value is -2.17. The van der Waals surface area contributed by atoms with Crippen LogP contribution in [0.3, 0.4) is 0 Å². The van der Waals surface area contributed by atoms with Gasteiger partial charge in [-0.2, -0.15) is 0 Å². The monoisotopic (exact) mass is 232 g/mol. The first-order valence-corrected chi connectivity index (χ1v) is 5.29. The summed E-state index contributed by atoms with van der Waals surface area (Å²) in [6, 6.07) is 3.67. The maximum atomic E-state index is 5.53. The number of aryl methyl sites for hydroxylation is 1. The third kappa shape index (κ3) is 1.43. The molecule has 0 saturated heterocycles. The van der Waals surface area contributed by atoms with Crippen molar-refractivity contribution in [2.24, 2.45) is 0 Å². The van der Waals surface area contributed by atoms with Crippen molar-refractivity contribution in [1.82, 2.24) is 5.16 Å². The molecule has 88 valence electrons. The standard InChI is InChI=1S/C12H12N2O3/c1-6-3-8(9-4-10(13)17-14-9)12-11(7(6)2)15-5-16-12/h3-4H,5,13H2,1-2H3. The SMILES string of the molecule is Cc1cc(-c2cc(N)on2)c2c(c1C)OCO2. The van der Waals surface area contributed by atoms with Crippen LogP contribution in [0.25, 0.3) is 11.3 Å². The van der Waals surface area contributed by atoms with E-state index in [-0.39, 0.29) is 12.7 Å². The Morgan fingerprint density at radius 3 is 2.65 bits per heavy atom. The lowest BCUT2D eigenvalue weighted by Crippen LogP contribution is -1.93. The number of rotatable bonds is 1. The number of aromatic nitrogens is 1. The van der Waals surface area contributed by atoms with Crippen LogP contribution in [0.5, 0.6) is 11.5 Å². The summed E-state index contributed by atoms with van der Waals surface area (Å²) in [6.07, 6.45) is 0. The molecule has 2 N–H and O–H groups in total. The van der Waals surface area contributed by atoms with E-state index in [2.05, 4.69) is 5.16 Å². The Morgan fingerprint density at radius 2 is 1.94 bits per heavy atom. The quantitative estimate of drug-likeness (QED) is 0.816. The summed E-state index contributed by atoms with van der Waals surface area (Å²) in [4.78, 5) is 0. The van der Waals surface area contributed by atoms with E-state index in [1.54, 1.807) is 6.07 Å². The highest BCUT2D eigenvalue weighted by molar-refractivity contribution is 5.75. The number of anilines is 1. The average molecular weight is 232 g/mol. The second-order valence-corrected chi connectivity index (χ2v) is 4.05. The largest absolute Gasteiger partial charge is 0.453 e. The summed E-state index contributed by atoms with van der Waals surface area (Å²) in [6.45, 7) is 4.26. The van der Waals surface area contributed by atoms with Crippen molar-refractivity contribution in [2.45, 2.75) is 13.8 Å². The van der Waals surface area contributed by atoms with E-state index in [0.717, 1.165) is 22.4 Å². The zero-order chi connectivity index (χ0) is 12.0. The van der Waals surface area contributed by atoms with Crippen LogP contribution in [0.1, 0.15) is 11.1 Å². The van der Waals surface area contributed by atoms with Gasteiger partial charge in [0.25, 0.3) is 0 Å². The van der Waals surface area contributed by atoms with E-state index in [1.165, 1.54) is 0 Å². The molecule has 0 amide bonds. The molecule has 0 saturated carbocycles. The van der Waals surface area contributed by atoms with Gasteiger partial charge in [-0.05, 0) is 31.0 Å². The Balaban J connectivity index is 2.24. The highest BCUT2D eigenvalue weighted by atomic mass is 16.7. The summed E-state index contributed by atoms with van der Waals surface area (Å²) in [5.74, 6) is 1.77. The molecule has 1 aromatic heterocycles. The number of ether oxygens (including phenoxy) is 2. The summed E-state index contributed by atoms with van der Waals surface area (Å²) in [5, 5.41) is 3.90. The van der Waals surface area contributed by atoms with Crippen LogP contribution in [0, 0.1) is 13.8 Å². The van der Waals surface area contributed by atoms with Gasteiger partial charge in [0.2, 0.25) is 12.7 Å². The van der Waals surface area contributed by atoms with Gasteiger partial charge in [0, 0.05) is 6.07 Å². The Kier molecular flexibility index (Phi) is 2.01. The van der Waals surface area contributed by atoms with Crippen molar-refractivity contribution in [3.63, 3.8) is 0 Å². The average Bonchev–Trinajstić information content (AvgIpc) is 2.92. The van der Waals surface area contributed by atoms with Gasteiger partial charge >= 0.3 is 0 Å². The molecule has 0 unspecified atom stereocenters. The molecule has 5 heteroatoms. The number of benzene rings is 1. The first-order chi connectivity index (χ1) is 8.16. The second kappa shape index (κ2) is 3.41. The van der Waals surface area contributed by atoms with E-state index in [1.807, 2.05) is 19.9 Å². The lowest BCUT2D eigenvalue weighted by atomic mass is 10.0. The van der Waals surface area contributed by atoms with Gasteiger partial charge in [-0.15, -0.1) is 0 Å². The van der Waals surface area contributed by atoms with Crippen LogP contribution >= 0.6 is 0 Å². The van der Waals surface area contributed by atoms with E-state index >= 15 is 0 Å². The third-order valence-corrected chi connectivity index (χ3v) is 2.95. The van der Waals surface area contributed by atoms with E-state index in [9.17, 15) is 0 Å². The Labute approximate surface area is 98.1 Å². The van der Waals surface area contributed by atoms with Crippen LogP contribution in [0.2, 0.25) is 0 Å². The first-order valence-electron chi connectivity index (χ1n) is 5.29. The first kappa shape index (κ1) is 10.0. The molecule has 0 spiro atoms. The fraction of sp³-hybridized carbons (Fsp3) is 0.250. The summed E-state index contributed by atoms with van der Waals surface area (Å²) in [7, 11) is 0. The van der Waals surface area contributed by atoms with Gasteiger partial charge in [0.05, 0.1) is 5.56 Å². The van der Waals surface area contributed by atoms with Crippen molar-refractivity contribution in [2.75, 3.05) is 12.5 Å². The molecule has 2 aromatic rings. The zero-order valence-corrected chi connectivity index (χ0v) is 9.61. The highest BCUT2D eigenvalue weighted by Gasteiger charge is 2.24. The van der Waals surface area contributed by atoms with E-state index in [0.29, 0.717) is 11.4 Å². The predicted octanol–water partition coefficient (Wildman–Crippen LogP) is 2.27. The minimum absolute atomic E-state index is 0.236. The molecule has 0 fully saturated rings. The van der Waals surface area contributed by atoms with Crippen LogP contribution < -0.4 is 15.2 Å². The third-order valence-electron chi connectivity index (χ3n) is 2.95. The normalized spacial score (nSPS) is 13.1. The molecule has 1 aliphatic heterocycles. The number of fused-ring (bicyclic) bond motifs is 1. The maximum absolute atomic E-state index is 5.53. The number of nitrogen functional groups attached to an aromatic ring is 1. The van der Waals surface area contributed by atoms with Crippen molar-refractivity contribution < 1.29 is 14.0 Å². The molecule has 0 aliphatic carbocycles. The molecular weight excluding hydrogens is 220 g/mol. The molecule has 0 radical (unpaired) electrons. The van der Waals surface area contributed by atoms with Crippen molar-refractivity contribution in [3.05, 3.63) is 23.3 Å². The Bertz CT molecular complexity index is 590. The maximum Gasteiger partial charge on any atom is 0.231 e. The fourth-order valence-corrected chi connectivity index (χ4v) is 1.93. The van der Waals surface area contributed by atoms with Crippen molar-refractivity contribution in [3.8, 4) is 22.8 Å². The van der Waals surface area contributed by atoms with Crippen molar-refractivity contribution >= 4 is 5.88 Å². The Morgan fingerprint density at radius 1 is 1.18 bits per heavy atom. The molecule has 2 heterocycles. The molecule has 0 bridgehead atoms. The lowest BCUT2D eigenvalue weighted by Gasteiger charge is -2.08. The summed E-state index contributed by atoms with van der Waals surface area (Å²) < 4.78 is 15.8. The van der Waals surface area contributed by atoms with Gasteiger partial charge in [0.15, 0.2) is 11.5 Å². The predicted molar refractivity (Wildman–Crippen MR) is 61.9 cm³/mol. The van der Waals surface area contributed by atoms with E-state index < -0.39 is 0 Å². The van der Waals surface area contributed by atoms with Gasteiger partial charge in [-0.3, -0.25) is 0 Å². The molecule has 17 heavy (non-hydrogen) atoms. The van der Waals surface area contributed by atoms with Gasteiger partial charge in [0.1, 0.15) is 5.69 Å². The van der Waals surface area contributed by atoms with Crippen LogP contribution in [0.4, 0.5) is 5.88 Å². The minimum atomic E-state index is 0.236. The van der Waals surface area contributed by atoms with Gasteiger partial charge in [-0.25, -0.2) is 0 Å². The minimum Gasteiger partial charge on any atom is -0.453 e. The number of nitrogens with two attached hydrogens (primary N) is 1. The topological polar surface area (TPSA) is 70.5 Å². The highest BCUT2D eigenvalue weighted by Crippen LogP contribution is 2.44. The van der Waals surface area contributed by atoms with Crippen LogP contribution in [-0.2, 0) is 0 Å². The smallest absolute Gasteiger partial charge is 0.231 e. The molecule has 1 aliphatic rings. The van der Waals surface area contributed by atoms with Gasteiger partial charge < -0.3 is 19.7 Å².